The minimum atomic E-state index is -1.11. The number of halogens is 2. The second kappa shape index (κ2) is 12.6. The number of hydrogen-bond acceptors (Lipinski definition) is 6. The molecule has 3 amide bonds. The molecule has 196 valence electrons. The Kier molecular flexibility index (Phi) is 9.76. The van der Waals surface area contributed by atoms with E-state index in [1.165, 1.54) is 27.9 Å². The molecule has 1 N–H and O–H groups in total. The van der Waals surface area contributed by atoms with Crippen molar-refractivity contribution < 1.29 is 29.0 Å². The fourth-order valence-corrected chi connectivity index (χ4v) is 4.86. The largest absolute Gasteiger partial charge is 0.467 e. The quantitative estimate of drug-likeness (QED) is 0.438. The van der Waals surface area contributed by atoms with E-state index in [2.05, 4.69) is 0 Å². The third kappa shape index (κ3) is 7.21. The monoisotopic (exact) mass is 539 g/mol. The summed E-state index contributed by atoms with van der Waals surface area (Å²) in [5.41, 5.74) is 0.701. The Morgan fingerprint density at radius 2 is 1.89 bits per heavy atom. The lowest BCUT2D eigenvalue weighted by atomic mass is 9.97. The van der Waals surface area contributed by atoms with Gasteiger partial charge in [-0.2, -0.15) is 0 Å². The summed E-state index contributed by atoms with van der Waals surface area (Å²) in [6, 6.07) is 3.90. The van der Waals surface area contributed by atoms with Crippen LogP contribution in [0.2, 0.25) is 10.0 Å². The fraction of sp³-hybridized carbons (Fsp3) is 0.520. The molecule has 2 fully saturated rings. The van der Waals surface area contributed by atoms with E-state index in [0.29, 0.717) is 28.6 Å². The molecule has 2 aliphatic rings. The highest BCUT2D eigenvalue weighted by Gasteiger charge is 2.37. The van der Waals surface area contributed by atoms with Gasteiger partial charge < -0.3 is 24.5 Å². The molecule has 3 rings (SSSR count). The summed E-state index contributed by atoms with van der Waals surface area (Å²) >= 11 is 11.9. The number of rotatable bonds is 6. The number of hydrogen-bond donors (Lipinski definition) is 1. The molecular formula is C25H31Cl2N3O6. The molecule has 2 aliphatic heterocycles. The summed E-state index contributed by atoms with van der Waals surface area (Å²) in [7, 11) is 1.21. The van der Waals surface area contributed by atoms with E-state index in [0.717, 1.165) is 0 Å². The van der Waals surface area contributed by atoms with E-state index in [1.54, 1.807) is 24.3 Å². The lowest BCUT2D eigenvalue weighted by molar-refractivity contribution is -0.156. The van der Waals surface area contributed by atoms with Gasteiger partial charge in [-0.15, -0.1) is 0 Å². The molecule has 2 heterocycles. The van der Waals surface area contributed by atoms with Crippen LogP contribution < -0.4 is 0 Å². The number of nitrogens with zero attached hydrogens (tertiary/aromatic N) is 3. The number of esters is 1. The third-order valence-electron chi connectivity index (χ3n) is 6.41. The van der Waals surface area contributed by atoms with E-state index in [-0.39, 0.29) is 62.7 Å². The second-order valence-corrected chi connectivity index (χ2v) is 10.0. The number of benzene rings is 1. The van der Waals surface area contributed by atoms with Crippen molar-refractivity contribution in [1.82, 2.24) is 14.7 Å². The van der Waals surface area contributed by atoms with Crippen molar-refractivity contribution in [3.05, 3.63) is 39.9 Å². The number of carbonyl (C=O) groups excluding carboxylic acids is 4. The van der Waals surface area contributed by atoms with E-state index in [4.69, 9.17) is 27.9 Å². The van der Waals surface area contributed by atoms with Gasteiger partial charge in [0.25, 0.3) is 0 Å². The standard InChI is InChI=1S/C25H31Cl2N3O6/c1-16-11-18(31)15-29(14-16)24(34)13-21(25(35)36-2)30-10-9-28(8-7-23(30)33)22(32)6-4-17-3-5-19(26)20(27)12-17/h3-6,12,16,18,21,31H,7-11,13-15H2,1-2H3/b6-4+/t16-,18-,21+/m0/s1. The highest BCUT2D eigenvalue weighted by Crippen LogP contribution is 2.23. The van der Waals surface area contributed by atoms with Crippen LogP contribution >= 0.6 is 23.2 Å². The molecule has 0 aliphatic carbocycles. The van der Waals surface area contributed by atoms with Gasteiger partial charge in [0.15, 0.2) is 0 Å². The molecule has 2 saturated heterocycles. The van der Waals surface area contributed by atoms with Gasteiger partial charge in [-0.3, -0.25) is 14.4 Å². The Bertz CT molecular complexity index is 1020. The topological polar surface area (TPSA) is 107 Å². The number of ether oxygens (including phenoxy) is 1. The van der Waals surface area contributed by atoms with Crippen molar-refractivity contribution in [2.75, 3.05) is 39.8 Å². The zero-order valence-corrected chi connectivity index (χ0v) is 21.9. The fourth-order valence-electron chi connectivity index (χ4n) is 4.55. The predicted octanol–water partition coefficient (Wildman–Crippen LogP) is 2.23. The third-order valence-corrected chi connectivity index (χ3v) is 7.15. The lowest BCUT2D eigenvalue weighted by Crippen LogP contribution is -2.51. The Labute approximate surface area is 220 Å². The normalized spacial score (nSPS) is 21.9. The van der Waals surface area contributed by atoms with Crippen molar-refractivity contribution in [2.24, 2.45) is 5.92 Å². The van der Waals surface area contributed by atoms with Gasteiger partial charge in [-0.05, 0) is 36.1 Å². The van der Waals surface area contributed by atoms with E-state index >= 15 is 0 Å². The van der Waals surface area contributed by atoms with Crippen molar-refractivity contribution in [3.63, 3.8) is 0 Å². The Morgan fingerprint density at radius 1 is 1.14 bits per heavy atom. The Hall–Kier alpha value is -2.62. The average molecular weight is 540 g/mol. The highest BCUT2D eigenvalue weighted by atomic mass is 35.5. The summed E-state index contributed by atoms with van der Waals surface area (Å²) in [5.74, 6) is -1.52. The number of aliphatic hydroxyl groups excluding tert-OH is 1. The Balaban J connectivity index is 1.67. The number of methoxy groups -OCH3 is 1. The smallest absolute Gasteiger partial charge is 0.329 e. The van der Waals surface area contributed by atoms with Gasteiger partial charge in [-0.25, -0.2) is 4.79 Å². The van der Waals surface area contributed by atoms with Crippen molar-refractivity contribution >= 4 is 53.0 Å². The van der Waals surface area contributed by atoms with E-state index in [1.807, 2.05) is 6.92 Å². The van der Waals surface area contributed by atoms with Crippen molar-refractivity contribution in [2.45, 2.75) is 38.3 Å². The number of piperidine rings is 1. The zero-order chi connectivity index (χ0) is 26.4. The number of aliphatic hydroxyl groups is 1. The molecule has 0 aromatic heterocycles. The lowest BCUT2D eigenvalue weighted by Gasteiger charge is -2.36. The highest BCUT2D eigenvalue weighted by molar-refractivity contribution is 6.42. The predicted molar refractivity (Wildman–Crippen MR) is 135 cm³/mol. The summed E-state index contributed by atoms with van der Waals surface area (Å²) in [4.78, 5) is 55.6. The van der Waals surface area contributed by atoms with Crippen LogP contribution in [0.15, 0.2) is 24.3 Å². The van der Waals surface area contributed by atoms with Gasteiger partial charge in [-0.1, -0.05) is 36.2 Å². The molecule has 0 bridgehead atoms. The van der Waals surface area contributed by atoms with Crippen LogP contribution in [-0.4, -0.2) is 95.5 Å². The molecular weight excluding hydrogens is 509 g/mol. The van der Waals surface area contributed by atoms with E-state index in [9.17, 15) is 24.3 Å². The SMILES string of the molecule is COC(=O)[C@@H](CC(=O)N1C[C@@H](C)C[C@H](O)C1)N1CCN(C(=O)/C=C/c2ccc(Cl)c(Cl)c2)CCC1=O. The van der Waals surface area contributed by atoms with Crippen LogP contribution in [0.4, 0.5) is 0 Å². The number of carbonyl (C=O) groups is 4. The number of amides is 3. The summed E-state index contributed by atoms with van der Waals surface area (Å²) in [6.07, 6.45) is 2.75. The molecule has 0 unspecified atom stereocenters. The summed E-state index contributed by atoms with van der Waals surface area (Å²) in [5, 5.41) is 10.8. The zero-order valence-electron chi connectivity index (χ0n) is 20.4. The molecule has 1 aromatic rings. The molecule has 9 nitrogen and oxygen atoms in total. The van der Waals surface area contributed by atoms with Crippen LogP contribution in [0.1, 0.15) is 31.7 Å². The first kappa shape index (κ1) is 28.0. The molecule has 36 heavy (non-hydrogen) atoms. The minimum absolute atomic E-state index is 0.00744. The van der Waals surface area contributed by atoms with Gasteiger partial charge in [0, 0.05) is 45.2 Å². The van der Waals surface area contributed by atoms with Crippen LogP contribution in [0.5, 0.6) is 0 Å². The van der Waals surface area contributed by atoms with E-state index < -0.39 is 18.1 Å². The average Bonchev–Trinajstić information content (AvgIpc) is 3.03. The number of likely N-dealkylation sites (tertiary alicyclic amines) is 1. The summed E-state index contributed by atoms with van der Waals surface area (Å²) in [6.45, 7) is 3.07. The van der Waals surface area contributed by atoms with Crippen molar-refractivity contribution in [1.29, 1.82) is 0 Å². The van der Waals surface area contributed by atoms with Crippen LogP contribution in [0.3, 0.4) is 0 Å². The van der Waals surface area contributed by atoms with Gasteiger partial charge in [0.1, 0.15) is 6.04 Å². The molecule has 1 aromatic carbocycles. The minimum Gasteiger partial charge on any atom is -0.467 e. The number of β-amino-alcohol motifs (C(OH)–C–C–N with tert-alkyl or cyclic N) is 1. The van der Waals surface area contributed by atoms with Gasteiger partial charge in [0.2, 0.25) is 17.7 Å². The molecule has 0 saturated carbocycles. The first-order chi connectivity index (χ1) is 17.1. The maximum Gasteiger partial charge on any atom is 0.329 e. The Morgan fingerprint density at radius 3 is 2.56 bits per heavy atom. The molecule has 3 atom stereocenters. The molecule has 11 heteroatoms. The maximum absolute atomic E-state index is 13.0. The molecule has 0 radical (unpaired) electrons. The van der Waals surface area contributed by atoms with Gasteiger partial charge in [0.05, 0.1) is 29.7 Å². The first-order valence-electron chi connectivity index (χ1n) is 11.8. The second-order valence-electron chi connectivity index (χ2n) is 9.21. The van der Waals surface area contributed by atoms with Crippen LogP contribution in [0.25, 0.3) is 6.08 Å². The summed E-state index contributed by atoms with van der Waals surface area (Å²) < 4.78 is 4.90. The van der Waals surface area contributed by atoms with Crippen LogP contribution in [0, 0.1) is 5.92 Å². The van der Waals surface area contributed by atoms with Gasteiger partial charge >= 0.3 is 5.97 Å². The molecule has 0 spiro atoms. The van der Waals surface area contributed by atoms with Crippen molar-refractivity contribution in [3.8, 4) is 0 Å². The van der Waals surface area contributed by atoms with Crippen LogP contribution in [-0.2, 0) is 23.9 Å². The maximum atomic E-state index is 13.0. The first-order valence-corrected chi connectivity index (χ1v) is 12.6.